The molecule has 0 bridgehead atoms. The van der Waals surface area contributed by atoms with Gasteiger partial charge in [0.2, 0.25) is 5.78 Å². The highest BCUT2D eigenvalue weighted by Crippen LogP contribution is 2.35. The predicted octanol–water partition coefficient (Wildman–Crippen LogP) is 12.5. The van der Waals surface area contributed by atoms with Crippen molar-refractivity contribution < 1.29 is 22.8 Å². The van der Waals surface area contributed by atoms with Crippen molar-refractivity contribution in [2.75, 3.05) is 27.4 Å². The van der Waals surface area contributed by atoms with Crippen LogP contribution in [0.5, 0.6) is 0 Å². The number of aromatic nitrogens is 16. The van der Waals surface area contributed by atoms with Crippen LogP contribution < -0.4 is 38.5 Å². The lowest BCUT2D eigenvalue weighted by Gasteiger charge is -2.12. The van der Waals surface area contributed by atoms with Crippen molar-refractivity contribution in [3.63, 3.8) is 0 Å². The Morgan fingerprint density at radius 3 is 1.51 bits per heavy atom. The van der Waals surface area contributed by atoms with Gasteiger partial charge in [-0.15, -0.1) is 11.1 Å². The highest BCUT2D eigenvalue weighted by molar-refractivity contribution is 7.90. The Kier molecular flexibility index (Phi) is 18.1. The molecule has 0 saturated heterocycles. The number of carbonyl (C=O) groups is 3. The number of nitrogens with zero attached hydrogens (tertiary/aromatic N) is 13. The van der Waals surface area contributed by atoms with Gasteiger partial charge in [0.15, 0.2) is 11.6 Å². The van der Waals surface area contributed by atoms with Crippen LogP contribution in [-0.2, 0) is 29.3 Å². The van der Waals surface area contributed by atoms with Crippen molar-refractivity contribution in [2.24, 2.45) is 0 Å². The molecule has 20 rings (SSSR count). The number of aryl methyl sites for hydroxylation is 2. The number of fused-ring (bicyclic) bond motifs is 8. The number of carbonyl (C=O) groups excluding carboxylic acids is 3. The fourth-order valence-corrected chi connectivity index (χ4v) is 14.7. The number of nitrogen functional groups attached to an aromatic ring is 1. The highest BCUT2D eigenvalue weighted by atomic mass is 32.2. The number of benzene rings is 9. The molecule has 0 atom stereocenters. The molecule has 108 heavy (non-hydrogen) atoms. The van der Waals surface area contributed by atoms with E-state index in [0.29, 0.717) is 51.9 Å². The molecule has 28 nitrogen and oxygen atoms in total. The average molecular weight is 1450 g/mol. The first-order valence-electron chi connectivity index (χ1n) is 34.4. The van der Waals surface area contributed by atoms with Crippen LogP contribution in [0.25, 0.3) is 73.2 Å². The van der Waals surface area contributed by atoms with E-state index in [1.807, 2.05) is 153 Å². The lowest BCUT2D eigenvalue weighted by molar-refractivity contribution is 0.102. The third kappa shape index (κ3) is 13.2. The van der Waals surface area contributed by atoms with E-state index in [1.54, 1.807) is 75.8 Å². The number of rotatable bonds is 12. The second kappa shape index (κ2) is 28.7. The van der Waals surface area contributed by atoms with Gasteiger partial charge < -0.3 is 27.4 Å². The molecule has 0 saturated carbocycles. The van der Waals surface area contributed by atoms with Gasteiger partial charge >= 0.3 is 0 Å². The van der Waals surface area contributed by atoms with Crippen LogP contribution in [0.4, 0.5) is 28.6 Å². The largest absolute Gasteiger partial charge is 0.383 e. The summed E-state index contributed by atoms with van der Waals surface area (Å²) in [4.78, 5) is 39.8. The monoisotopic (exact) mass is 1450 g/mol. The maximum Gasteiger partial charge on any atom is 0.268 e. The zero-order chi connectivity index (χ0) is 74.2. The van der Waals surface area contributed by atoms with E-state index in [4.69, 9.17) is 5.73 Å². The van der Waals surface area contributed by atoms with Gasteiger partial charge in [0, 0.05) is 29.4 Å². The number of nitrogens with two attached hydrogens (primary N) is 1. The number of Topliss-reactive ketones (excluding diaryl/α,β-unsaturated/α-hetero) is 2. The fraction of sp³-hybridized carbons (Fsp3) is 0.0886. The maximum absolute atomic E-state index is 13.8. The van der Waals surface area contributed by atoms with Crippen molar-refractivity contribution in [3.05, 3.63) is 297 Å². The van der Waals surface area contributed by atoms with Gasteiger partial charge in [0.25, 0.3) is 10.0 Å². The molecule has 16 aromatic rings. The SMILES string of the molecule is CCc1ccc2n[nH]nc2c1.Cc1c(C(=O)C2=Cc3ccccc3C2)cnn1-c1ccc2n[nH]nc2c1.Cc1c(C(=O)c2cc3ccccc3n2S(=O)(=O)c2ccccc2)cnn1-c1ccc2c(c1)NNN2.Cc1ccc2n[nH]nc2c1.Nc1c(C(=O)C2=Cc3ccccc3C2)cnn1-c1ccc2c(c1)NNN2. The summed E-state index contributed by atoms with van der Waals surface area (Å²) in [5.41, 5.74) is 47.0. The minimum atomic E-state index is -4.02. The summed E-state index contributed by atoms with van der Waals surface area (Å²) in [7, 11) is -4.02. The van der Waals surface area contributed by atoms with E-state index in [9.17, 15) is 22.8 Å². The normalized spacial score (nSPS) is 12.8. The first-order chi connectivity index (χ1) is 52.6. The quantitative estimate of drug-likeness (QED) is 0.0508. The number of hydrogen-bond acceptors (Lipinski definition) is 21. The molecule has 2 aliphatic heterocycles. The minimum Gasteiger partial charge on any atom is -0.383 e. The zero-order valence-electron chi connectivity index (χ0n) is 58.4. The number of H-pyrrole nitrogens is 3. The van der Waals surface area contributed by atoms with E-state index in [2.05, 4.69) is 119 Å². The molecular formula is C79H67N23O5S. The Hall–Kier alpha value is -14.3. The van der Waals surface area contributed by atoms with Crippen LogP contribution in [0.2, 0.25) is 0 Å². The van der Waals surface area contributed by atoms with Gasteiger partial charge in [-0.05, 0) is 176 Å². The van der Waals surface area contributed by atoms with E-state index >= 15 is 0 Å². The molecule has 534 valence electrons. The topological polar surface area (TPSA) is 367 Å². The number of anilines is 5. The summed E-state index contributed by atoms with van der Waals surface area (Å²) in [5, 5.41) is 45.6. The molecule has 0 unspecified atom stereocenters. The Morgan fingerprint density at radius 2 is 0.907 bits per heavy atom. The zero-order valence-corrected chi connectivity index (χ0v) is 59.2. The number of nitrogens with one attached hydrogen (secondary N) is 9. The van der Waals surface area contributed by atoms with E-state index in [0.717, 1.165) is 117 Å². The first kappa shape index (κ1) is 68.2. The summed E-state index contributed by atoms with van der Waals surface area (Å²) < 4.78 is 33.5. The van der Waals surface area contributed by atoms with Gasteiger partial charge in [-0.25, -0.2) is 26.4 Å². The Bertz CT molecular complexity index is 6370. The van der Waals surface area contributed by atoms with Crippen LogP contribution in [-0.4, -0.2) is 105 Å². The molecule has 9 aromatic carbocycles. The van der Waals surface area contributed by atoms with E-state index < -0.39 is 15.8 Å². The maximum atomic E-state index is 13.8. The lowest BCUT2D eigenvalue weighted by Crippen LogP contribution is -2.19. The van der Waals surface area contributed by atoms with Crippen LogP contribution >= 0.6 is 0 Å². The summed E-state index contributed by atoms with van der Waals surface area (Å²) >= 11 is 0. The van der Waals surface area contributed by atoms with Crippen LogP contribution in [0.15, 0.2) is 235 Å². The molecule has 11 N–H and O–H groups in total. The average Bonchev–Trinajstić information content (AvgIpc) is 1.58. The summed E-state index contributed by atoms with van der Waals surface area (Å²) in [6.45, 7) is 7.86. The number of hydrazine groups is 4. The van der Waals surface area contributed by atoms with Crippen molar-refractivity contribution in [1.82, 2.24) is 90.6 Å². The molecule has 0 amide bonds. The van der Waals surface area contributed by atoms with Gasteiger partial charge in [-0.1, -0.05) is 104 Å². The predicted molar refractivity (Wildman–Crippen MR) is 414 cm³/mol. The molecule has 9 heterocycles. The molecule has 0 fully saturated rings. The summed E-state index contributed by atoms with van der Waals surface area (Å²) in [6.07, 6.45) is 10.9. The van der Waals surface area contributed by atoms with Crippen LogP contribution in [0, 0.1) is 20.8 Å². The molecule has 0 spiro atoms. The smallest absolute Gasteiger partial charge is 0.268 e. The van der Waals surface area contributed by atoms with Crippen molar-refractivity contribution >= 4 is 112 Å². The molecule has 4 aliphatic rings. The Morgan fingerprint density at radius 1 is 0.444 bits per heavy atom. The summed E-state index contributed by atoms with van der Waals surface area (Å²) in [6, 6.07) is 62.1. The minimum absolute atomic E-state index is 0.0347. The first-order valence-corrected chi connectivity index (χ1v) is 35.8. The molecule has 0 radical (unpaired) electrons. The van der Waals surface area contributed by atoms with E-state index in [1.165, 1.54) is 35.0 Å². The second-order valence-corrected chi connectivity index (χ2v) is 27.5. The number of ketones is 3. The second-order valence-electron chi connectivity index (χ2n) is 25.7. The summed E-state index contributed by atoms with van der Waals surface area (Å²) in [5.74, 6) is -0.127. The van der Waals surface area contributed by atoms with Gasteiger partial charge in [0.05, 0.1) is 96.9 Å². The van der Waals surface area contributed by atoms with Crippen LogP contribution in [0.1, 0.15) is 88.5 Å². The van der Waals surface area contributed by atoms with Crippen molar-refractivity contribution in [3.8, 4) is 17.1 Å². The highest BCUT2D eigenvalue weighted by Gasteiger charge is 2.30. The molecular weight excluding hydrogens is 1380 g/mol. The Balaban J connectivity index is 0.000000110. The third-order valence-corrected chi connectivity index (χ3v) is 20.7. The third-order valence-electron chi connectivity index (χ3n) is 18.9. The lowest BCUT2D eigenvalue weighted by atomic mass is 10.0. The number of para-hydroxylation sites is 1. The van der Waals surface area contributed by atoms with Gasteiger partial charge in [-0.3, -0.25) is 14.4 Å². The molecule has 2 aliphatic carbocycles. The van der Waals surface area contributed by atoms with Gasteiger partial charge in [-0.2, -0.15) is 61.5 Å². The fourth-order valence-electron chi connectivity index (χ4n) is 13.2. The molecule has 29 heteroatoms. The molecule has 7 aromatic heterocycles. The van der Waals surface area contributed by atoms with Crippen LogP contribution in [0.3, 0.4) is 0 Å². The number of hydrogen-bond donors (Lipinski definition) is 10. The number of aromatic amines is 3. The van der Waals surface area contributed by atoms with E-state index in [-0.39, 0.29) is 22.2 Å². The van der Waals surface area contributed by atoms with Crippen molar-refractivity contribution in [2.45, 2.75) is 51.9 Å². The van der Waals surface area contributed by atoms with Crippen molar-refractivity contribution in [1.29, 1.82) is 0 Å². The van der Waals surface area contributed by atoms with Gasteiger partial charge in [0.1, 0.15) is 44.6 Å². The number of allylic oxidation sites excluding steroid dienone is 2. The Labute approximate surface area is 615 Å². The standard InChI is InChI=1S/C25H20N6O3S.C20H15N5O.C19H16N6O.C8H9N3.C7H7N3/c1-16-20(15-26-30(16)18-11-12-21-22(14-18)28-29-27-21)25(32)24-13-17-7-5-6-10-23(17)31(24)35(33,34)19-8-3-2-4-9-19;1-12-17(20(26)15-8-13-4-2-3-5-14(13)9-15)11-21-25(12)16-6-7-18-19(10-16)23-24-22-18;20-19-15(18(26)13-7-11-3-1-2-4-12(11)8-13)10-21-25(19)14-5-6-16-17(9-14)23-24-22-16;1-2-6-3-4-7-8(5-6)10-11-9-7;1-5-2-3-6-7(4-5)9-10-8-6/h2-15,27-29H,1H3;2-8,10-11H,9H2,1H3,(H,22,23,24);1-7,9-10,22-24H,8,20H2;3-5H,2H2,1H3,(H,9,10,11);2-4H,1H3,(H,8,9,10).